The van der Waals surface area contributed by atoms with Crippen LogP contribution in [-0.2, 0) is 0 Å². The zero-order chi connectivity index (χ0) is 14.7. The third-order valence-corrected chi connectivity index (χ3v) is 3.75. The summed E-state index contributed by atoms with van der Waals surface area (Å²) in [6.07, 6.45) is 2.78. The monoisotopic (exact) mass is 336 g/mol. The lowest BCUT2D eigenvalue weighted by Gasteiger charge is -2.20. The van der Waals surface area contributed by atoms with E-state index in [0.717, 1.165) is 34.0 Å². The lowest BCUT2D eigenvalue weighted by Crippen LogP contribution is -2.23. The Hall–Kier alpha value is -1.33. The quantitative estimate of drug-likeness (QED) is 0.879. The molecular formula is C15H21BrN4. The molecule has 0 spiro atoms. The average molecular weight is 337 g/mol. The maximum Gasteiger partial charge on any atom is 0.0743 e. The van der Waals surface area contributed by atoms with Crippen molar-refractivity contribution < 1.29 is 0 Å². The van der Waals surface area contributed by atoms with Crippen molar-refractivity contribution in [2.45, 2.75) is 19.4 Å². The molecule has 1 atom stereocenters. The maximum absolute atomic E-state index is 6.09. The highest BCUT2D eigenvalue weighted by Gasteiger charge is 2.10. The molecule has 0 aliphatic heterocycles. The van der Waals surface area contributed by atoms with Gasteiger partial charge in [-0.1, -0.05) is 15.9 Å². The van der Waals surface area contributed by atoms with Crippen molar-refractivity contribution in [1.29, 1.82) is 0 Å². The molecule has 0 fully saturated rings. The van der Waals surface area contributed by atoms with Gasteiger partial charge in [0.05, 0.1) is 23.1 Å². The van der Waals surface area contributed by atoms with E-state index >= 15 is 0 Å². The second-order valence-electron chi connectivity index (χ2n) is 5.39. The Bertz CT molecular complexity index is 592. The highest BCUT2D eigenvalue weighted by atomic mass is 79.9. The van der Waals surface area contributed by atoms with Gasteiger partial charge >= 0.3 is 0 Å². The van der Waals surface area contributed by atoms with E-state index in [1.54, 1.807) is 6.20 Å². The summed E-state index contributed by atoms with van der Waals surface area (Å²) in [5.41, 5.74) is 8.70. The number of nitrogen functional groups attached to an aromatic ring is 1. The zero-order valence-corrected chi connectivity index (χ0v) is 13.7. The van der Waals surface area contributed by atoms with Crippen LogP contribution in [0.3, 0.4) is 0 Å². The number of nitrogens with zero attached hydrogens (tertiary/aromatic N) is 2. The number of pyridine rings is 1. The summed E-state index contributed by atoms with van der Waals surface area (Å²) in [4.78, 5) is 6.55. The predicted octanol–water partition coefficient (Wildman–Crippen LogP) is 3.33. The van der Waals surface area contributed by atoms with Gasteiger partial charge in [-0.25, -0.2) is 0 Å². The summed E-state index contributed by atoms with van der Waals surface area (Å²) in [5.74, 6) is 0. The van der Waals surface area contributed by atoms with Gasteiger partial charge in [0, 0.05) is 15.9 Å². The molecule has 1 aromatic carbocycles. The van der Waals surface area contributed by atoms with Crippen LogP contribution in [0.5, 0.6) is 0 Å². The minimum Gasteiger partial charge on any atom is -0.396 e. The minimum atomic E-state index is 0.351. The number of anilines is 2. The first kappa shape index (κ1) is 15.1. The summed E-state index contributed by atoms with van der Waals surface area (Å²) in [7, 11) is 4.17. The van der Waals surface area contributed by atoms with Crippen molar-refractivity contribution >= 4 is 38.2 Å². The van der Waals surface area contributed by atoms with Crippen molar-refractivity contribution in [2.24, 2.45) is 0 Å². The molecule has 0 saturated carbocycles. The van der Waals surface area contributed by atoms with E-state index in [2.05, 4.69) is 58.2 Å². The van der Waals surface area contributed by atoms with E-state index in [1.807, 2.05) is 12.1 Å². The Labute approximate surface area is 128 Å². The molecule has 0 bridgehead atoms. The van der Waals surface area contributed by atoms with Crippen LogP contribution < -0.4 is 11.1 Å². The van der Waals surface area contributed by atoms with Crippen LogP contribution >= 0.6 is 15.9 Å². The SMILES string of the molecule is CC(CCN(C)C)Nc1c(N)cnc2ccc(Br)cc12. The Balaban J connectivity index is 2.28. The van der Waals surface area contributed by atoms with Crippen molar-refractivity contribution in [3.05, 3.63) is 28.9 Å². The van der Waals surface area contributed by atoms with E-state index in [-0.39, 0.29) is 0 Å². The summed E-state index contributed by atoms with van der Waals surface area (Å²) in [5, 5.41) is 4.58. The number of hydrogen-bond acceptors (Lipinski definition) is 4. The summed E-state index contributed by atoms with van der Waals surface area (Å²) in [6.45, 7) is 3.22. The van der Waals surface area contributed by atoms with Crippen LogP contribution in [0, 0.1) is 0 Å². The molecule has 1 heterocycles. The van der Waals surface area contributed by atoms with Crippen molar-refractivity contribution in [1.82, 2.24) is 9.88 Å². The molecule has 1 unspecified atom stereocenters. The van der Waals surface area contributed by atoms with Gasteiger partial charge in [-0.3, -0.25) is 4.98 Å². The summed E-state index contributed by atoms with van der Waals surface area (Å²) >= 11 is 3.50. The number of fused-ring (bicyclic) bond motifs is 1. The standard InChI is InChI=1S/C15H21BrN4/c1-10(6-7-20(2)3)19-15-12-8-11(16)4-5-14(12)18-9-13(15)17/h4-5,8-10H,6-7,17H2,1-3H3,(H,18,19). The number of rotatable bonds is 5. The van der Waals surface area contributed by atoms with Gasteiger partial charge in [0.25, 0.3) is 0 Å². The summed E-state index contributed by atoms with van der Waals surface area (Å²) in [6, 6.07) is 6.39. The highest BCUT2D eigenvalue weighted by molar-refractivity contribution is 9.10. The largest absolute Gasteiger partial charge is 0.396 e. The van der Waals surface area contributed by atoms with Crippen molar-refractivity contribution in [3.8, 4) is 0 Å². The van der Waals surface area contributed by atoms with E-state index < -0.39 is 0 Å². The number of nitrogens with two attached hydrogens (primary N) is 1. The molecule has 0 radical (unpaired) electrons. The molecule has 0 saturated heterocycles. The van der Waals surface area contributed by atoms with Gasteiger partial charge in [0.1, 0.15) is 0 Å². The van der Waals surface area contributed by atoms with Crippen LogP contribution in [0.2, 0.25) is 0 Å². The molecule has 1 aromatic heterocycles. The first-order valence-corrected chi connectivity index (χ1v) is 7.51. The molecule has 20 heavy (non-hydrogen) atoms. The zero-order valence-electron chi connectivity index (χ0n) is 12.2. The van der Waals surface area contributed by atoms with Gasteiger partial charge in [-0.15, -0.1) is 0 Å². The second kappa shape index (κ2) is 6.41. The molecule has 0 aliphatic rings. The lowest BCUT2D eigenvalue weighted by molar-refractivity contribution is 0.390. The fraction of sp³-hybridized carbons (Fsp3) is 0.400. The maximum atomic E-state index is 6.09. The molecular weight excluding hydrogens is 316 g/mol. The molecule has 108 valence electrons. The normalized spacial score (nSPS) is 12.8. The van der Waals surface area contributed by atoms with Crippen LogP contribution in [0.4, 0.5) is 11.4 Å². The Morgan fingerprint density at radius 1 is 1.40 bits per heavy atom. The number of aromatic nitrogens is 1. The van der Waals surface area contributed by atoms with Crippen LogP contribution in [0.15, 0.2) is 28.9 Å². The van der Waals surface area contributed by atoms with E-state index in [4.69, 9.17) is 5.73 Å². The number of nitrogens with one attached hydrogen (secondary N) is 1. The van der Waals surface area contributed by atoms with Gasteiger partial charge in [0.2, 0.25) is 0 Å². The number of benzene rings is 1. The predicted molar refractivity (Wildman–Crippen MR) is 90.1 cm³/mol. The third kappa shape index (κ3) is 3.61. The van der Waals surface area contributed by atoms with Gasteiger partial charge in [0.15, 0.2) is 0 Å². The third-order valence-electron chi connectivity index (χ3n) is 3.26. The van der Waals surface area contributed by atoms with Gasteiger partial charge in [-0.2, -0.15) is 0 Å². The Morgan fingerprint density at radius 2 is 2.15 bits per heavy atom. The van der Waals surface area contributed by atoms with Crippen molar-refractivity contribution in [3.63, 3.8) is 0 Å². The highest BCUT2D eigenvalue weighted by Crippen LogP contribution is 2.30. The topological polar surface area (TPSA) is 54.2 Å². The molecule has 0 amide bonds. The summed E-state index contributed by atoms with van der Waals surface area (Å²) < 4.78 is 1.03. The smallest absolute Gasteiger partial charge is 0.0743 e. The molecule has 4 nitrogen and oxygen atoms in total. The lowest BCUT2D eigenvalue weighted by atomic mass is 10.1. The Kier molecular flexibility index (Phi) is 4.83. The van der Waals surface area contributed by atoms with E-state index in [9.17, 15) is 0 Å². The number of halogens is 1. The Morgan fingerprint density at radius 3 is 2.85 bits per heavy atom. The minimum absolute atomic E-state index is 0.351. The number of hydrogen-bond donors (Lipinski definition) is 2. The van der Waals surface area contributed by atoms with Crippen LogP contribution in [-0.4, -0.2) is 36.6 Å². The van der Waals surface area contributed by atoms with Crippen molar-refractivity contribution in [2.75, 3.05) is 31.7 Å². The molecule has 0 aliphatic carbocycles. The fourth-order valence-corrected chi connectivity index (χ4v) is 2.47. The average Bonchev–Trinajstić information content (AvgIpc) is 2.40. The van der Waals surface area contributed by atoms with E-state index in [1.165, 1.54) is 0 Å². The van der Waals surface area contributed by atoms with E-state index in [0.29, 0.717) is 11.7 Å². The first-order chi connectivity index (χ1) is 9.47. The van der Waals surface area contributed by atoms with Crippen LogP contribution in [0.25, 0.3) is 10.9 Å². The molecule has 3 N–H and O–H groups in total. The molecule has 5 heteroatoms. The van der Waals surface area contributed by atoms with Gasteiger partial charge in [-0.05, 0) is 52.2 Å². The van der Waals surface area contributed by atoms with Crippen LogP contribution in [0.1, 0.15) is 13.3 Å². The van der Waals surface area contributed by atoms with Gasteiger partial charge < -0.3 is 16.0 Å². The molecule has 2 aromatic rings. The fourth-order valence-electron chi connectivity index (χ4n) is 2.11. The first-order valence-electron chi connectivity index (χ1n) is 6.72. The second-order valence-corrected chi connectivity index (χ2v) is 6.30. The molecule has 2 rings (SSSR count).